The van der Waals surface area contributed by atoms with Crippen molar-refractivity contribution in [2.75, 3.05) is 32.8 Å². The number of hydrogen-bond acceptors (Lipinski definition) is 3. The highest BCUT2D eigenvalue weighted by Crippen LogP contribution is 2.29. The van der Waals surface area contributed by atoms with Crippen molar-refractivity contribution in [1.29, 1.82) is 0 Å². The zero-order chi connectivity index (χ0) is 13.0. The van der Waals surface area contributed by atoms with Crippen LogP contribution in [0.4, 0.5) is 0 Å². The van der Waals surface area contributed by atoms with Crippen LogP contribution in [0, 0.1) is 0 Å². The Balaban J connectivity index is 1.84. The van der Waals surface area contributed by atoms with Crippen LogP contribution in [0.5, 0.6) is 0 Å². The van der Waals surface area contributed by atoms with Gasteiger partial charge < -0.3 is 9.64 Å². The number of hydrogen-bond donors (Lipinski definition) is 0. The maximum atomic E-state index is 12.2. The van der Waals surface area contributed by atoms with E-state index in [0.29, 0.717) is 18.7 Å². The Hall–Kier alpha value is -0.870. The largest absolute Gasteiger partial charge is 0.368 e. The van der Waals surface area contributed by atoms with Gasteiger partial charge in [-0.25, -0.2) is 0 Å². The van der Waals surface area contributed by atoms with Crippen molar-refractivity contribution in [2.24, 2.45) is 0 Å². The van der Waals surface area contributed by atoms with Gasteiger partial charge in [-0.3, -0.25) is 9.69 Å². The molecule has 2 atom stereocenters. The Morgan fingerprint density at radius 3 is 2.56 bits per heavy atom. The molecule has 0 spiro atoms. The monoisotopic (exact) mass is 252 g/mol. The Morgan fingerprint density at radius 2 is 2.00 bits per heavy atom. The minimum Gasteiger partial charge on any atom is -0.368 e. The number of carbonyl (C=O) groups excluding carboxylic acids is 1. The SMILES string of the molecule is CC=CCOCC(=O)N1C2CCC1CN(CC)C2. The average molecular weight is 252 g/mol. The smallest absolute Gasteiger partial charge is 0.249 e. The molecule has 2 fully saturated rings. The van der Waals surface area contributed by atoms with Crippen LogP contribution >= 0.6 is 0 Å². The summed E-state index contributed by atoms with van der Waals surface area (Å²) in [4.78, 5) is 16.7. The summed E-state index contributed by atoms with van der Waals surface area (Å²) in [6, 6.07) is 0.836. The number of rotatable bonds is 5. The minimum atomic E-state index is 0.169. The van der Waals surface area contributed by atoms with Gasteiger partial charge in [-0.2, -0.15) is 0 Å². The highest BCUT2D eigenvalue weighted by molar-refractivity contribution is 5.78. The van der Waals surface area contributed by atoms with Crippen molar-refractivity contribution in [3.63, 3.8) is 0 Å². The zero-order valence-electron chi connectivity index (χ0n) is 11.5. The lowest BCUT2D eigenvalue weighted by atomic mass is 10.2. The number of allylic oxidation sites excluding steroid dienone is 1. The van der Waals surface area contributed by atoms with Gasteiger partial charge in [0, 0.05) is 25.2 Å². The predicted octanol–water partition coefficient (Wildman–Crippen LogP) is 1.27. The van der Waals surface area contributed by atoms with Crippen molar-refractivity contribution in [3.8, 4) is 0 Å². The van der Waals surface area contributed by atoms with Crippen LogP contribution in [0.3, 0.4) is 0 Å². The summed E-state index contributed by atoms with van der Waals surface area (Å²) in [5, 5.41) is 0. The summed E-state index contributed by atoms with van der Waals surface area (Å²) in [5.74, 6) is 0.169. The Labute approximate surface area is 110 Å². The molecular formula is C14H24N2O2. The molecule has 0 N–H and O–H groups in total. The second-order valence-corrected chi connectivity index (χ2v) is 5.12. The summed E-state index contributed by atoms with van der Waals surface area (Å²) in [6.07, 6.45) is 6.18. The Bertz CT molecular complexity index is 303. The van der Waals surface area contributed by atoms with Gasteiger partial charge in [-0.05, 0) is 26.3 Å². The quantitative estimate of drug-likeness (QED) is 0.546. The molecule has 2 bridgehead atoms. The average Bonchev–Trinajstić information content (AvgIpc) is 2.65. The number of nitrogens with zero attached hydrogens (tertiary/aromatic N) is 2. The first-order valence-electron chi connectivity index (χ1n) is 6.98. The number of amides is 1. The molecule has 2 aliphatic heterocycles. The van der Waals surface area contributed by atoms with E-state index in [9.17, 15) is 4.79 Å². The summed E-state index contributed by atoms with van der Waals surface area (Å²) in [7, 11) is 0. The van der Waals surface area contributed by atoms with Crippen LogP contribution in [0.1, 0.15) is 26.7 Å². The molecule has 0 aromatic rings. The molecular weight excluding hydrogens is 228 g/mol. The molecule has 2 unspecified atom stereocenters. The normalized spacial score (nSPS) is 28.2. The predicted molar refractivity (Wildman–Crippen MR) is 71.4 cm³/mol. The van der Waals surface area contributed by atoms with Crippen molar-refractivity contribution in [1.82, 2.24) is 9.80 Å². The van der Waals surface area contributed by atoms with Gasteiger partial charge in [0.25, 0.3) is 0 Å². The number of likely N-dealkylation sites (tertiary alicyclic amines) is 1. The van der Waals surface area contributed by atoms with Gasteiger partial charge in [-0.1, -0.05) is 19.1 Å². The van der Waals surface area contributed by atoms with Gasteiger partial charge in [0.1, 0.15) is 6.61 Å². The topological polar surface area (TPSA) is 32.8 Å². The minimum absolute atomic E-state index is 0.169. The molecule has 0 saturated carbocycles. The zero-order valence-corrected chi connectivity index (χ0v) is 11.5. The fraction of sp³-hybridized carbons (Fsp3) is 0.786. The number of fused-ring (bicyclic) bond motifs is 2. The van der Waals surface area contributed by atoms with E-state index in [1.807, 2.05) is 19.1 Å². The second kappa shape index (κ2) is 6.34. The van der Waals surface area contributed by atoms with Crippen molar-refractivity contribution in [2.45, 2.75) is 38.8 Å². The van der Waals surface area contributed by atoms with E-state index in [1.165, 1.54) is 0 Å². The van der Waals surface area contributed by atoms with Crippen LogP contribution in [-0.2, 0) is 9.53 Å². The number of likely N-dealkylation sites (N-methyl/N-ethyl adjacent to an activating group) is 1. The molecule has 18 heavy (non-hydrogen) atoms. The fourth-order valence-electron chi connectivity index (χ4n) is 3.04. The van der Waals surface area contributed by atoms with Crippen LogP contribution in [0.25, 0.3) is 0 Å². The summed E-state index contributed by atoms with van der Waals surface area (Å²) in [6.45, 7) is 8.07. The van der Waals surface area contributed by atoms with Crippen LogP contribution in [0.2, 0.25) is 0 Å². The van der Waals surface area contributed by atoms with Crippen molar-refractivity contribution in [3.05, 3.63) is 12.2 Å². The van der Waals surface area contributed by atoms with Gasteiger partial charge in [-0.15, -0.1) is 0 Å². The first-order chi connectivity index (χ1) is 8.76. The van der Waals surface area contributed by atoms with E-state index in [-0.39, 0.29) is 12.5 Å². The van der Waals surface area contributed by atoms with Gasteiger partial charge in [0.15, 0.2) is 0 Å². The molecule has 2 saturated heterocycles. The van der Waals surface area contributed by atoms with E-state index < -0.39 is 0 Å². The van der Waals surface area contributed by atoms with Crippen molar-refractivity contribution >= 4 is 5.91 Å². The van der Waals surface area contributed by atoms with Gasteiger partial charge >= 0.3 is 0 Å². The summed E-state index contributed by atoms with van der Waals surface area (Å²) >= 11 is 0. The summed E-state index contributed by atoms with van der Waals surface area (Å²) in [5.41, 5.74) is 0. The lowest BCUT2D eigenvalue weighted by molar-refractivity contribution is -0.141. The van der Waals surface area contributed by atoms with Gasteiger partial charge in [0.2, 0.25) is 5.91 Å². The molecule has 0 aromatic carbocycles. The van der Waals surface area contributed by atoms with E-state index in [0.717, 1.165) is 32.5 Å². The third kappa shape index (κ3) is 2.93. The molecule has 1 amide bonds. The standard InChI is InChI=1S/C14H24N2O2/c1-3-5-8-18-11-14(17)16-12-6-7-13(16)10-15(4-2)9-12/h3,5,12-13H,4,6-11H2,1-2H3. The third-order valence-electron chi connectivity index (χ3n) is 3.97. The van der Waals surface area contributed by atoms with Gasteiger partial charge in [0.05, 0.1) is 6.61 Å². The lowest BCUT2D eigenvalue weighted by Gasteiger charge is -2.40. The van der Waals surface area contributed by atoms with E-state index in [1.54, 1.807) is 0 Å². The molecule has 0 aliphatic carbocycles. The maximum Gasteiger partial charge on any atom is 0.249 e. The summed E-state index contributed by atoms with van der Waals surface area (Å²) < 4.78 is 5.38. The molecule has 2 aliphatic rings. The maximum absolute atomic E-state index is 12.2. The van der Waals surface area contributed by atoms with E-state index in [2.05, 4.69) is 16.7 Å². The number of carbonyl (C=O) groups is 1. The van der Waals surface area contributed by atoms with Crippen LogP contribution < -0.4 is 0 Å². The lowest BCUT2D eigenvalue weighted by Crippen LogP contribution is -2.56. The number of ether oxygens (including phenoxy) is 1. The number of piperazine rings is 1. The van der Waals surface area contributed by atoms with E-state index in [4.69, 9.17) is 4.74 Å². The second-order valence-electron chi connectivity index (χ2n) is 5.12. The first-order valence-corrected chi connectivity index (χ1v) is 6.98. The van der Waals surface area contributed by atoms with E-state index >= 15 is 0 Å². The van der Waals surface area contributed by atoms with Crippen LogP contribution in [-0.4, -0.2) is 60.6 Å². The van der Waals surface area contributed by atoms with Crippen LogP contribution in [0.15, 0.2) is 12.2 Å². The molecule has 4 heteroatoms. The Kier molecular flexibility index (Phi) is 4.78. The molecule has 2 heterocycles. The third-order valence-corrected chi connectivity index (χ3v) is 3.97. The highest BCUT2D eigenvalue weighted by atomic mass is 16.5. The molecule has 4 nitrogen and oxygen atoms in total. The first kappa shape index (κ1) is 13.6. The fourth-order valence-corrected chi connectivity index (χ4v) is 3.04. The molecule has 102 valence electrons. The Morgan fingerprint density at radius 1 is 1.33 bits per heavy atom. The van der Waals surface area contributed by atoms with Crippen molar-refractivity contribution < 1.29 is 9.53 Å². The molecule has 2 rings (SSSR count). The molecule has 0 radical (unpaired) electrons. The molecule has 0 aromatic heterocycles. The highest BCUT2D eigenvalue weighted by Gasteiger charge is 2.41.